The van der Waals surface area contributed by atoms with E-state index in [1.807, 2.05) is 78.9 Å². The zero-order valence-electron chi connectivity index (χ0n) is 17.4. The van der Waals surface area contributed by atoms with Gasteiger partial charge in [-0.15, -0.1) is 0 Å². The van der Waals surface area contributed by atoms with Crippen LogP contribution in [-0.2, 0) is 17.8 Å². The van der Waals surface area contributed by atoms with Crippen LogP contribution < -0.4 is 10.2 Å². The Bertz CT molecular complexity index is 1290. The Morgan fingerprint density at radius 1 is 0.909 bits per heavy atom. The topological polar surface area (TPSA) is 50.7 Å². The van der Waals surface area contributed by atoms with Crippen molar-refractivity contribution in [2.75, 3.05) is 0 Å². The summed E-state index contributed by atoms with van der Waals surface area (Å²) in [5.41, 5.74) is 5.47. The Balaban J connectivity index is 1.37. The minimum absolute atomic E-state index is 0.171. The summed E-state index contributed by atoms with van der Waals surface area (Å²) in [6, 6.07) is 25.8. The van der Waals surface area contributed by atoms with Crippen molar-refractivity contribution in [1.29, 1.82) is 0 Å². The van der Waals surface area contributed by atoms with E-state index in [9.17, 15) is 4.79 Å². The van der Waals surface area contributed by atoms with Gasteiger partial charge in [-0.2, -0.15) is 5.10 Å². The summed E-state index contributed by atoms with van der Waals surface area (Å²) in [7, 11) is 0. The molecule has 0 heterocycles. The highest BCUT2D eigenvalue weighted by molar-refractivity contribution is 9.11. The van der Waals surface area contributed by atoms with E-state index in [4.69, 9.17) is 4.74 Å². The molecule has 0 saturated heterocycles. The van der Waals surface area contributed by atoms with Crippen molar-refractivity contribution in [3.8, 4) is 5.75 Å². The summed E-state index contributed by atoms with van der Waals surface area (Å²) in [6.07, 6.45) is 1.87. The van der Waals surface area contributed by atoms with Crippen molar-refractivity contribution in [2.24, 2.45) is 5.10 Å². The molecule has 166 valence electrons. The molecule has 0 bridgehead atoms. The lowest BCUT2D eigenvalue weighted by atomic mass is 10.0. The molecule has 0 aliphatic heterocycles. The molecule has 4 rings (SSSR count). The van der Waals surface area contributed by atoms with Gasteiger partial charge in [0.05, 0.1) is 21.6 Å². The fourth-order valence-electron chi connectivity index (χ4n) is 3.37. The Kier molecular flexibility index (Phi) is 7.96. The molecule has 0 saturated carbocycles. The number of carbonyl (C=O) groups excluding carboxylic acids is 1. The molecule has 1 N–H and O–H groups in total. The average Bonchev–Trinajstić information content (AvgIpc) is 2.80. The molecule has 33 heavy (non-hydrogen) atoms. The third-order valence-electron chi connectivity index (χ3n) is 4.95. The van der Waals surface area contributed by atoms with E-state index in [0.29, 0.717) is 12.4 Å². The molecular formula is C26H19Br3N2O2. The third-order valence-corrected chi connectivity index (χ3v) is 6.66. The summed E-state index contributed by atoms with van der Waals surface area (Å²) < 4.78 is 8.58. The number of hydrazone groups is 1. The highest BCUT2D eigenvalue weighted by Gasteiger charge is 2.10. The minimum Gasteiger partial charge on any atom is -0.487 e. The molecule has 4 aromatic rings. The Morgan fingerprint density at radius 2 is 1.61 bits per heavy atom. The van der Waals surface area contributed by atoms with Crippen LogP contribution in [-0.4, -0.2) is 12.1 Å². The van der Waals surface area contributed by atoms with Gasteiger partial charge in [-0.05, 0) is 83.6 Å². The fraction of sp³-hybridized carbons (Fsp3) is 0.0769. The van der Waals surface area contributed by atoms with Gasteiger partial charge in [0.1, 0.15) is 12.4 Å². The average molecular weight is 631 g/mol. The first-order chi connectivity index (χ1) is 16.0. The van der Waals surface area contributed by atoms with E-state index in [1.54, 1.807) is 6.21 Å². The molecule has 0 aliphatic rings. The summed E-state index contributed by atoms with van der Waals surface area (Å²) in [5.74, 6) is 0.533. The Labute approximate surface area is 217 Å². The number of hydrogen-bond donors (Lipinski definition) is 1. The van der Waals surface area contributed by atoms with Gasteiger partial charge in [0.15, 0.2) is 0 Å². The quantitative estimate of drug-likeness (QED) is 0.171. The molecule has 7 heteroatoms. The van der Waals surface area contributed by atoms with Crippen LogP contribution >= 0.6 is 47.8 Å². The molecule has 0 spiro atoms. The van der Waals surface area contributed by atoms with Crippen LogP contribution in [0.2, 0.25) is 0 Å². The number of benzene rings is 4. The number of nitrogens with one attached hydrogen (secondary N) is 1. The van der Waals surface area contributed by atoms with Crippen molar-refractivity contribution >= 4 is 70.7 Å². The van der Waals surface area contributed by atoms with Crippen LogP contribution in [0.5, 0.6) is 5.75 Å². The third kappa shape index (κ3) is 6.31. The molecule has 4 aromatic carbocycles. The molecular weight excluding hydrogens is 612 g/mol. The largest absolute Gasteiger partial charge is 0.487 e. The maximum Gasteiger partial charge on any atom is 0.244 e. The number of ether oxygens (including phenoxy) is 1. The number of hydrogen-bond acceptors (Lipinski definition) is 3. The van der Waals surface area contributed by atoms with Gasteiger partial charge in [-0.25, -0.2) is 5.43 Å². The van der Waals surface area contributed by atoms with E-state index >= 15 is 0 Å². The van der Waals surface area contributed by atoms with Crippen LogP contribution in [0.4, 0.5) is 0 Å². The van der Waals surface area contributed by atoms with Gasteiger partial charge in [0.25, 0.3) is 0 Å². The lowest BCUT2D eigenvalue weighted by molar-refractivity contribution is -0.120. The maximum atomic E-state index is 12.4. The number of carbonyl (C=O) groups is 1. The van der Waals surface area contributed by atoms with E-state index in [-0.39, 0.29) is 12.3 Å². The predicted molar refractivity (Wildman–Crippen MR) is 144 cm³/mol. The normalized spacial score (nSPS) is 11.1. The lowest BCUT2D eigenvalue weighted by Crippen LogP contribution is -2.19. The van der Waals surface area contributed by atoms with E-state index in [1.165, 1.54) is 0 Å². The molecule has 0 atom stereocenters. The van der Waals surface area contributed by atoms with Crippen molar-refractivity contribution in [1.82, 2.24) is 5.43 Å². The number of fused-ring (bicyclic) bond motifs is 1. The van der Waals surface area contributed by atoms with Gasteiger partial charge in [-0.3, -0.25) is 4.79 Å². The Hall–Kier alpha value is -2.48. The predicted octanol–water partition coefficient (Wildman–Crippen LogP) is 7.40. The zero-order valence-corrected chi connectivity index (χ0v) is 22.2. The maximum absolute atomic E-state index is 12.4. The summed E-state index contributed by atoms with van der Waals surface area (Å²) in [4.78, 5) is 12.4. The zero-order chi connectivity index (χ0) is 23.2. The summed E-state index contributed by atoms with van der Waals surface area (Å²) in [6.45, 7) is 0.447. The van der Waals surface area contributed by atoms with Crippen LogP contribution in [0.3, 0.4) is 0 Å². The molecule has 1 amide bonds. The van der Waals surface area contributed by atoms with Crippen LogP contribution in [0.15, 0.2) is 97.4 Å². The summed E-state index contributed by atoms with van der Waals surface area (Å²) >= 11 is 10.6. The standard InChI is InChI=1S/C26H19Br3N2O2/c27-21-10-8-17(9-11-21)16-33-26-23(28)12-18(13-24(26)29)15-30-31-25(32)14-20-6-3-5-19-4-1-2-7-22(19)20/h1-13,15H,14,16H2,(H,31,32)/b30-15-. The van der Waals surface area contributed by atoms with Crippen LogP contribution in [0.25, 0.3) is 10.8 Å². The van der Waals surface area contributed by atoms with Gasteiger partial charge >= 0.3 is 0 Å². The van der Waals surface area contributed by atoms with Crippen molar-refractivity contribution in [3.05, 3.63) is 109 Å². The first kappa shape index (κ1) is 23.7. The second kappa shape index (κ2) is 11.1. The van der Waals surface area contributed by atoms with Crippen molar-refractivity contribution in [3.63, 3.8) is 0 Å². The molecule has 0 radical (unpaired) electrons. The van der Waals surface area contributed by atoms with E-state index in [2.05, 4.69) is 58.3 Å². The summed E-state index contributed by atoms with van der Waals surface area (Å²) in [5, 5.41) is 6.31. The van der Waals surface area contributed by atoms with Gasteiger partial charge in [-0.1, -0.05) is 70.5 Å². The number of amides is 1. The van der Waals surface area contributed by atoms with Crippen LogP contribution in [0, 0.1) is 0 Å². The minimum atomic E-state index is -0.171. The molecule has 0 aromatic heterocycles. The van der Waals surface area contributed by atoms with Crippen LogP contribution in [0.1, 0.15) is 16.7 Å². The van der Waals surface area contributed by atoms with E-state index in [0.717, 1.165) is 40.9 Å². The second-order valence-corrected chi connectivity index (χ2v) is 9.96. The fourth-order valence-corrected chi connectivity index (χ4v) is 5.08. The monoisotopic (exact) mass is 628 g/mol. The molecule has 0 unspecified atom stereocenters. The highest BCUT2D eigenvalue weighted by Crippen LogP contribution is 2.35. The first-order valence-electron chi connectivity index (χ1n) is 10.1. The van der Waals surface area contributed by atoms with Gasteiger partial charge in [0.2, 0.25) is 5.91 Å². The Morgan fingerprint density at radius 3 is 2.36 bits per heavy atom. The number of halogens is 3. The smallest absolute Gasteiger partial charge is 0.244 e. The second-order valence-electron chi connectivity index (χ2n) is 7.34. The molecule has 0 fully saturated rings. The van der Waals surface area contributed by atoms with Gasteiger partial charge in [0, 0.05) is 4.47 Å². The lowest BCUT2D eigenvalue weighted by Gasteiger charge is -2.11. The number of rotatable bonds is 7. The first-order valence-corrected chi connectivity index (χ1v) is 12.5. The van der Waals surface area contributed by atoms with Crippen molar-refractivity contribution < 1.29 is 9.53 Å². The highest BCUT2D eigenvalue weighted by atomic mass is 79.9. The molecule has 4 nitrogen and oxygen atoms in total. The van der Waals surface area contributed by atoms with Gasteiger partial charge < -0.3 is 4.74 Å². The van der Waals surface area contributed by atoms with E-state index < -0.39 is 0 Å². The van der Waals surface area contributed by atoms with Crippen molar-refractivity contribution in [2.45, 2.75) is 13.0 Å². The SMILES string of the molecule is O=C(Cc1cccc2ccccc12)N/N=C\c1cc(Br)c(OCc2ccc(Br)cc2)c(Br)c1. The molecule has 0 aliphatic carbocycles. The number of nitrogens with zero attached hydrogens (tertiary/aromatic N) is 1.